The summed E-state index contributed by atoms with van der Waals surface area (Å²) in [7, 11) is 0. The molecule has 1 N–H and O–H groups in total. The van der Waals surface area contributed by atoms with E-state index in [0.717, 1.165) is 67.1 Å². The number of aliphatic imine (C=N–C) groups is 1. The van der Waals surface area contributed by atoms with Gasteiger partial charge in [-0.15, -0.1) is 0 Å². The van der Waals surface area contributed by atoms with Crippen molar-refractivity contribution in [2.24, 2.45) is 4.99 Å². The molecule has 1 aromatic heterocycles. The molecule has 2 heterocycles. The zero-order valence-corrected chi connectivity index (χ0v) is 30.7. The summed E-state index contributed by atoms with van der Waals surface area (Å²) in [5.41, 5.74) is 14.2. The van der Waals surface area contributed by atoms with Crippen molar-refractivity contribution in [2.75, 3.05) is 0 Å². The van der Waals surface area contributed by atoms with E-state index in [-0.39, 0.29) is 6.04 Å². The minimum absolute atomic E-state index is 0.00506. The highest BCUT2D eigenvalue weighted by Gasteiger charge is 2.21. The first-order valence-electron chi connectivity index (χ1n) is 19.1. The number of rotatable bonds is 7. The van der Waals surface area contributed by atoms with Gasteiger partial charge < -0.3 is 5.32 Å². The van der Waals surface area contributed by atoms with E-state index in [4.69, 9.17) is 9.98 Å². The van der Waals surface area contributed by atoms with Crippen molar-refractivity contribution in [2.45, 2.75) is 6.04 Å². The number of fused-ring (bicyclic) bond motifs is 3. The van der Waals surface area contributed by atoms with Crippen molar-refractivity contribution in [3.8, 4) is 44.6 Å². The fourth-order valence-corrected chi connectivity index (χ4v) is 7.89. The summed E-state index contributed by atoms with van der Waals surface area (Å²) in [6.45, 7) is 0. The highest BCUT2D eigenvalue weighted by molar-refractivity contribution is 6.18. The molecule has 0 aliphatic carbocycles. The second kappa shape index (κ2) is 14.5. The van der Waals surface area contributed by atoms with Gasteiger partial charge in [0.15, 0.2) is 0 Å². The third-order valence-electron chi connectivity index (χ3n) is 10.7. The van der Waals surface area contributed by atoms with Crippen LogP contribution in [-0.4, -0.2) is 10.8 Å². The molecule has 3 heteroatoms. The van der Waals surface area contributed by atoms with Gasteiger partial charge in [-0.2, -0.15) is 0 Å². The minimum Gasteiger partial charge on any atom is -0.359 e. The van der Waals surface area contributed by atoms with Crippen molar-refractivity contribution in [1.29, 1.82) is 0 Å². The van der Waals surface area contributed by atoms with Crippen LogP contribution in [0.1, 0.15) is 22.7 Å². The molecule has 10 rings (SSSR count). The lowest BCUT2D eigenvalue weighted by Crippen LogP contribution is -2.31. The molecule has 0 fully saturated rings. The third-order valence-corrected chi connectivity index (χ3v) is 10.7. The van der Waals surface area contributed by atoms with Gasteiger partial charge in [0, 0.05) is 22.1 Å². The molecule has 1 aliphatic rings. The normalized spacial score (nSPS) is 13.9. The van der Waals surface area contributed by atoms with Gasteiger partial charge in [-0.3, -0.25) is 0 Å². The van der Waals surface area contributed by atoms with Gasteiger partial charge in [0.2, 0.25) is 0 Å². The monoisotopic (exact) mass is 715 g/mol. The fourth-order valence-electron chi connectivity index (χ4n) is 7.89. The highest BCUT2D eigenvalue weighted by atomic mass is 15.0. The van der Waals surface area contributed by atoms with Crippen LogP contribution in [0.4, 0.5) is 0 Å². The molecule has 0 bridgehead atoms. The van der Waals surface area contributed by atoms with Gasteiger partial charge in [0.05, 0.1) is 22.9 Å². The Bertz CT molecular complexity index is 2900. The zero-order chi connectivity index (χ0) is 37.3. The Morgan fingerprint density at radius 3 is 1.73 bits per heavy atom. The number of nitrogens with zero attached hydrogens (tertiary/aromatic N) is 2. The second-order valence-electron chi connectivity index (χ2n) is 14.2. The van der Waals surface area contributed by atoms with Crippen molar-refractivity contribution in [3.05, 3.63) is 229 Å². The number of hydrogen-bond donors (Lipinski definition) is 1. The highest BCUT2D eigenvalue weighted by Crippen LogP contribution is 2.42. The lowest BCUT2D eigenvalue weighted by Gasteiger charge is -2.24. The molecule has 1 aliphatic heterocycles. The first-order chi connectivity index (χ1) is 27.7. The number of pyridine rings is 1. The summed E-state index contributed by atoms with van der Waals surface area (Å²) in [6, 6.07) is 73.0. The Kier molecular flexibility index (Phi) is 8.58. The molecular formula is C53H37N3. The van der Waals surface area contributed by atoms with Crippen molar-refractivity contribution < 1.29 is 0 Å². The zero-order valence-electron chi connectivity index (χ0n) is 30.7. The van der Waals surface area contributed by atoms with Crippen LogP contribution in [0, 0.1) is 0 Å². The van der Waals surface area contributed by atoms with E-state index in [9.17, 15) is 0 Å². The summed E-state index contributed by atoms with van der Waals surface area (Å²) < 4.78 is 0. The average molecular weight is 716 g/mol. The van der Waals surface area contributed by atoms with Crippen LogP contribution in [0.15, 0.2) is 217 Å². The molecule has 56 heavy (non-hydrogen) atoms. The maximum atomic E-state index is 5.46. The van der Waals surface area contributed by atoms with E-state index >= 15 is 0 Å². The SMILES string of the molecule is C1=C(c2ccccc2)N=C(c2ccc(-c3cccc(-c4cc5ccccc5c5c(-c6ccccc6)cc(-c6ccccc6)nc45)c3)cc2)NC1c1ccccc1. The maximum absolute atomic E-state index is 5.46. The summed E-state index contributed by atoms with van der Waals surface area (Å²) >= 11 is 0. The first kappa shape index (κ1) is 33.2. The third kappa shape index (κ3) is 6.36. The van der Waals surface area contributed by atoms with Crippen molar-refractivity contribution >= 4 is 33.2 Å². The van der Waals surface area contributed by atoms with Gasteiger partial charge in [-0.25, -0.2) is 9.98 Å². The smallest absolute Gasteiger partial charge is 0.134 e. The van der Waals surface area contributed by atoms with E-state index in [2.05, 4.69) is 212 Å². The van der Waals surface area contributed by atoms with Gasteiger partial charge in [0.25, 0.3) is 0 Å². The Balaban J connectivity index is 1.07. The molecule has 1 atom stereocenters. The molecule has 8 aromatic carbocycles. The maximum Gasteiger partial charge on any atom is 0.134 e. The van der Waals surface area contributed by atoms with Crippen molar-refractivity contribution in [1.82, 2.24) is 10.3 Å². The Morgan fingerprint density at radius 2 is 1.00 bits per heavy atom. The molecule has 0 spiro atoms. The fraction of sp³-hybridized carbons (Fsp3) is 0.0189. The Morgan fingerprint density at radius 1 is 0.411 bits per heavy atom. The molecule has 0 saturated heterocycles. The van der Waals surface area contributed by atoms with E-state index in [1.54, 1.807) is 0 Å². The second-order valence-corrected chi connectivity index (χ2v) is 14.2. The van der Waals surface area contributed by atoms with Crippen LogP contribution in [0.2, 0.25) is 0 Å². The predicted molar refractivity (Wildman–Crippen MR) is 234 cm³/mol. The molecule has 264 valence electrons. The van der Waals surface area contributed by atoms with Crippen LogP contribution >= 0.6 is 0 Å². The molecular weight excluding hydrogens is 679 g/mol. The molecule has 9 aromatic rings. The predicted octanol–water partition coefficient (Wildman–Crippen LogP) is 13.2. The van der Waals surface area contributed by atoms with E-state index < -0.39 is 0 Å². The van der Waals surface area contributed by atoms with E-state index in [0.29, 0.717) is 0 Å². The number of amidine groups is 1. The summed E-state index contributed by atoms with van der Waals surface area (Å²) in [5, 5.41) is 7.26. The van der Waals surface area contributed by atoms with Crippen molar-refractivity contribution in [3.63, 3.8) is 0 Å². The van der Waals surface area contributed by atoms with Gasteiger partial charge in [-0.1, -0.05) is 188 Å². The van der Waals surface area contributed by atoms with Crippen LogP contribution in [0.25, 0.3) is 72.0 Å². The summed E-state index contributed by atoms with van der Waals surface area (Å²) in [5.74, 6) is 0.859. The Labute approximate surface area is 327 Å². The van der Waals surface area contributed by atoms with E-state index in [1.807, 2.05) is 6.07 Å². The minimum atomic E-state index is 0.00506. The number of benzene rings is 8. The van der Waals surface area contributed by atoms with Crippen LogP contribution < -0.4 is 5.32 Å². The van der Waals surface area contributed by atoms with Gasteiger partial charge in [-0.05, 0) is 74.0 Å². The first-order valence-corrected chi connectivity index (χ1v) is 19.1. The van der Waals surface area contributed by atoms with Gasteiger partial charge >= 0.3 is 0 Å². The Hall–Kier alpha value is -7.36. The summed E-state index contributed by atoms with van der Waals surface area (Å²) in [4.78, 5) is 10.6. The molecule has 0 amide bonds. The quantitative estimate of drug-likeness (QED) is 0.167. The topological polar surface area (TPSA) is 37.3 Å². The standard InChI is InChI=1S/C53H37N3/c1-5-16-37(17-6-1)46-34-48(38-18-7-2-8-19-38)54-52-47(33-44-24-13-14-27-45(44)51(46)52)43-26-15-25-42(32-43)36-28-30-41(31-29-36)53-55-49(39-20-9-3-10-21-39)35-50(56-53)40-22-11-4-12-23-40/h1-35,49H,(H,55,56). The van der Waals surface area contributed by atoms with E-state index in [1.165, 1.54) is 27.5 Å². The molecule has 3 nitrogen and oxygen atoms in total. The van der Waals surface area contributed by atoms with Crippen LogP contribution in [-0.2, 0) is 0 Å². The lowest BCUT2D eigenvalue weighted by molar-refractivity contribution is 0.781. The van der Waals surface area contributed by atoms with Crippen LogP contribution in [0.5, 0.6) is 0 Å². The molecule has 0 saturated carbocycles. The van der Waals surface area contributed by atoms with Gasteiger partial charge in [0.1, 0.15) is 5.84 Å². The number of aromatic nitrogens is 1. The molecule has 0 radical (unpaired) electrons. The number of nitrogens with one attached hydrogen (secondary N) is 1. The average Bonchev–Trinajstić information content (AvgIpc) is 3.29. The lowest BCUT2D eigenvalue weighted by atomic mass is 9.89. The largest absolute Gasteiger partial charge is 0.359 e. The summed E-state index contributed by atoms with van der Waals surface area (Å²) in [6.07, 6.45) is 2.21. The number of hydrogen-bond acceptors (Lipinski definition) is 3. The molecule has 1 unspecified atom stereocenters. The van der Waals surface area contributed by atoms with Crippen LogP contribution in [0.3, 0.4) is 0 Å².